The van der Waals surface area contributed by atoms with Crippen molar-refractivity contribution < 1.29 is 57.1 Å². The van der Waals surface area contributed by atoms with Gasteiger partial charge in [-0.2, -0.15) is 0 Å². The molecule has 21 nitrogen and oxygen atoms in total. The molecule has 0 aliphatic carbocycles. The lowest BCUT2D eigenvalue weighted by atomic mass is 10.1. The molecule has 3 aliphatic rings. The van der Waals surface area contributed by atoms with E-state index in [4.69, 9.17) is 39.5 Å². The Morgan fingerprint density at radius 2 is 1.58 bits per heavy atom. The maximum atomic E-state index is 13.4. The van der Waals surface area contributed by atoms with E-state index in [0.717, 1.165) is 6.33 Å². The maximum Gasteiger partial charge on any atom is 0.354 e. The molecule has 4 aromatic heterocycles. The predicted octanol–water partition coefficient (Wildman–Crippen LogP) is -0.640. The molecular weight excluding hydrogens is 644 g/mol. The quantitative estimate of drug-likeness (QED) is 0.144. The summed E-state index contributed by atoms with van der Waals surface area (Å²) < 4.78 is 63.1. The van der Waals surface area contributed by atoms with E-state index in [1.54, 1.807) is 0 Å². The number of anilines is 2. The number of aromatic nitrogens is 7. The molecule has 7 heterocycles. The van der Waals surface area contributed by atoms with Crippen molar-refractivity contribution >= 4 is 49.0 Å². The Balaban J connectivity index is 1.24. The van der Waals surface area contributed by atoms with Crippen LogP contribution >= 0.6 is 15.2 Å². The van der Waals surface area contributed by atoms with Crippen LogP contribution < -0.4 is 11.5 Å². The second kappa shape index (κ2) is 10.7. The summed E-state index contributed by atoms with van der Waals surface area (Å²) in [7, 11) is -9.59. The number of nitrogen functional groups attached to an aromatic ring is 2. The van der Waals surface area contributed by atoms with E-state index >= 15 is 0 Å². The molecule has 4 bridgehead atoms. The van der Waals surface area contributed by atoms with E-state index in [0.29, 0.717) is 0 Å². The van der Waals surface area contributed by atoms with Gasteiger partial charge < -0.3 is 50.4 Å². The Labute approximate surface area is 251 Å². The van der Waals surface area contributed by atoms with Gasteiger partial charge in [0.2, 0.25) is 0 Å². The van der Waals surface area contributed by atoms with Gasteiger partial charge in [0.25, 0.3) is 0 Å². The second-order valence-corrected chi connectivity index (χ2v) is 14.1. The molecule has 0 spiro atoms. The van der Waals surface area contributed by atoms with E-state index in [9.17, 15) is 29.1 Å². The Kier molecular flexibility index (Phi) is 7.24. The summed E-state index contributed by atoms with van der Waals surface area (Å²) in [6.45, 7) is 1.23. The van der Waals surface area contributed by atoms with Gasteiger partial charge in [0.05, 0.1) is 18.3 Å². The van der Waals surface area contributed by atoms with Crippen molar-refractivity contribution in [3.63, 3.8) is 0 Å². The van der Waals surface area contributed by atoms with Crippen LogP contribution in [-0.4, -0.2) is 103 Å². The molecule has 45 heavy (non-hydrogen) atoms. The first kappa shape index (κ1) is 30.5. The third kappa shape index (κ3) is 5.20. The number of aliphatic hydroxyl groups is 2. The maximum absolute atomic E-state index is 13.4. The lowest BCUT2D eigenvalue weighted by Crippen LogP contribution is -2.44. The van der Waals surface area contributed by atoms with E-state index in [2.05, 4.69) is 24.9 Å². The molecular formula is C22H27N9O12P2. The minimum Gasteiger partial charge on any atom is -0.397 e. The summed E-state index contributed by atoms with van der Waals surface area (Å²) in [5.74, 6) is -2.08. The highest BCUT2D eigenvalue weighted by Crippen LogP contribution is 2.55. The fraction of sp³-hybridized carbons (Fsp3) is 0.500. The van der Waals surface area contributed by atoms with Gasteiger partial charge in [-0.15, -0.1) is 0 Å². The Bertz CT molecular complexity index is 1880. The lowest BCUT2D eigenvalue weighted by Gasteiger charge is -2.30. The number of aliphatic hydroxyl groups excluding tert-OH is 2. The SMILES string of the molecule is C[C@]12OCP(=O)(O)OC3[C@@H](O)[C@@H](OCP(=O)(O)OC([C@H](n4cnc5c(N)ccnc54)O1)[C@H]2O)O[C@H]3n1cnc2c(N)ncnc21. The first-order valence-electron chi connectivity index (χ1n) is 13.2. The monoisotopic (exact) mass is 671 g/mol. The highest BCUT2D eigenvalue weighted by Gasteiger charge is 2.58. The molecule has 0 radical (unpaired) electrons. The van der Waals surface area contributed by atoms with Crippen molar-refractivity contribution in [1.29, 1.82) is 0 Å². The number of rotatable bonds is 2. The topological polar surface area (TPSA) is 297 Å². The smallest absolute Gasteiger partial charge is 0.354 e. The fourth-order valence-corrected chi connectivity index (χ4v) is 7.47. The van der Waals surface area contributed by atoms with Crippen LogP contribution in [0, 0.1) is 0 Å². The normalized spacial score (nSPS) is 39.4. The van der Waals surface area contributed by atoms with E-state index < -0.39 is 76.8 Å². The average molecular weight is 671 g/mol. The van der Waals surface area contributed by atoms with Gasteiger partial charge in [-0.1, -0.05) is 0 Å². The van der Waals surface area contributed by atoms with Gasteiger partial charge in [0.1, 0.15) is 41.8 Å². The molecule has 3 fully saturated rings. The van der Waals surface area contributed by atoms with Crippen LogP contribution in [0.15, 0.2) is 31.2 Å². The van der Waals surface area contributed by atoms with E-state index in [1.165, 1.54) is 41.0 Å². The average Bonchev–Trinajstić information content (AvgIpc) is 3.73. The molecule has 8 N–H and O–H groups in total. The second-order valence-electron chi connectivity index (χ2n) is 10.6. The molecule has 7 rings (SSSR count). The standard InChI is InChI=1S/C22H27N9O12P2/c1-22-15(33)14(20(41-22)31-5-28-10-9(23)2-3-25-17(10)31)43-44(34,35)7-38-21-12(32)13(42-45(36,37)8-39-22)19(40-21)30-6-29-11-16(24)26-4-27-18(11)30/h2-6,12-15,19-21,32-33H,7-8H2,1H3,(H2,23,25)(H,34,35)(H,36,37)(H2,24,26,27)/t12-,13?,14?,15-,19-,20-,21+,22+/m1/s1. The zero-order valence-electron chi connectivity index (χ0n) is 23.1. The molecule has 242 valence electrons. The van der Waals surface area contributed by atoms with Crippen molar-refractivity contribution in [2.45, 2.75) is 55.9 Å². The summed E-state index contributed by atoms with van der Waals surface area (Å²) in [5, 5.41) is 22.4. The van der Waals surface area contributed by atoms with Crippen molar-refractivity contribution in [3.8, 4) is 0 Å². The number of imidazole rings is 2. The Morgan fingerprint density at radius 3 is 2.36 bits per heavy atom. The van der Waals surface area contributed by atoms with Crippen molar-refractivity contribution in [2.75, 3.05) is 24.2 Å². The third-order valence-corrected chi connectivity index (χ3v) is 9.65. The number of fused-ring (bicyclic) bond motifs is 6. The van der Waals surface area contributed by atoms with Gasteiger partial charge in [0.15, 0.2) is 54.3 Å². The predicted molar refractivity (Wildman–Crippen MR) is 147 cm³/mol. The summed E-state index contributed by atoms with van der Waals surface area (Å²) >= 11 is 0. The first-order valence-corrected chi connectivity index (χ1v) is 16.7. The van der Waals surface area contributed by atoms with Crippen LogP contribution in [0.3, 0.4) is 0 Å². The number of ether oxygens (including phenoxy) is 4. The Morgan fingerprint density at radius 1 is 0.911 bits per heavy atom. The van der Waals surface area contributed by atoms with Gasteiger partial charge in [-0.3, -0.25) is 27.3 Å². The van der Waals surface area contributed by atoms with Crippen LogP contribution in [0.4, 0.5) is 11.5 Å². The number of hydrogen-bond donors (Lipinski definition) is 6. The van der Waals surface area contributed by atoms with Crippen LogP contribution in [0.1, 0.15) is 19.4 Å². The van der Waals surface area contributed by atoms with Gasteiger partial charge in [0, 0.05) is 6.20 Å². The summed E-state index contributed by atoms with van der Waals surface area (Å²) in [4.78, 5) is 42.2. The molecule has 3 saturated heterocycles. The zero-order chi connectivity index (χ0) is 31.9. The third-order valence-electron chi connectivity index (χ3n) is 7.57. The first-order chi connectivity index (χ1) is 21.3. The molecule has 0 aromatic carbocycles. The molecule has 0 amide bonds. The molecule has 23 heteroatoms. The number of pyridine rings is 1. The van der Waals surface area contributed by atoms with Gasteiger partial charge >= 0.3 is 15.2 Å². The number of nitrogens with two attached hydrogens (primary N) is 2. The lowest BCUT2D eigenvalue weighted by molar-refractivity contribution is -0.248. The van der Waals surface area contributed by atoms with Crippen molar-refractivity contribution in [2.24, 2.45) is 0 Å². The fourth-order valence-electron chi connectivity index (χ4n) is 5.38. The molecule has 4 aromatic rings. The number of nitrogens with zero attached hydrogens (tertiary/aromatic N) is 7. The van der Waals surface area contributed by atoms with E-state index in [1.807, 2.05) is 0 Å². The number of hydrogen-bond acceptors (Lipinski definition) is 17. The minimum atomic E-state index is -4.80. The van der Waals surface area contributed by atoms with Crippen LogP contribution in [0.5, 0.6) is 0 Å². The van der Waals surface area contributed by atoms with E-state index in [-0.39, 0.29) is 33.8 Å². The molecule has 4 unspecified atom stereocenters. The molecule has 0 saturated carbocycles. The van der Waals surface area contributed by atoms with Crippen LogP contribution in [0.25, 0.3) is 22.3 Å². The highest BCUT2D eigenvalue weighted by atomic mass is 31.2. The van der Waals surface area contributed by atoms with Crippen LogP contribution in [-0.2, 0) is 37.1 Å². The summed E-state index contributed by atoms with van der Waals surface area (Å²) in [6, 6.07) is 1.51. The highest BCUT2D eigenvalue weighted by molar-refractivity contribution is 7.52. The molecule has 3 aliphatic heterocycles. The summed E-state index contributed by atoms with van der Waals surface area (Å²) in [5.41, 5.74) is 12.9. The summed E-state index contributed by atoms with van der Waals surface area (Å²) in [6.07, 6.45) is -8.47. The van der Waals surface area contributed by atoms with Crippen LogP contribution in [0.2, 0.25) is 0 Å². The van der Waals surface area contributed by atoms with Gasteiger partial charge in [-0.05, 0) is 13.0 Å². The largest absolute Gasteiger partial charge is 0.397 e. The van der Waals surface area contributed by atoms with Gasteiger partial charge in [-0.25, -0.2) is 24.9 Å². The Hall–Kier alpha value is -3.17. The zero-order valence-corrected chi connectivity index (χ0v) is 24.9. The minimum absolute atomic E-state index is 0.0312. The molecule has 10 atom stereocenters. The van der Waals surface area contributed by atoms with Crippen molar-refractivity contribution in [1.82, 2.24) is 34.1 Å². The van der Waals surface area contributed by atoms with Crippen molar-refractivity contribution in [3.05, 3.63) is 31.2 Å².